The largest absolute Gasteiger partial charge is 0.394 e. The molecule has 0 heterocycles. The number of allylic oxidation sites excluding steroid dienone is 7. The van der Waals surface area contributed by atoms with Gasteiger partial charge in [-0.1, -0.05) is 76.3 Å². The maximum Gasteiger partial charge on any atom is 0.00277 e. The second-order valence-corrected chi connectivity index (χ2v) is 4.75. The van der Waals surface area contributed by atoms with Gasteiger partial charge in [0.1, 0.15) is 0 Å². The molecule has 1 nitrogen and oxygen atoms in total. The van der Waals surface area contributed by atoms with E-state index in [0.29, 0.717) is 0 Å². The minimum atomic E-state index is 0.981. The molecule has 0 saturated carbocycles. The van der Waals surface area contributed by atoms with E-state index in [9.17, 15) is 0 Å². The van der Waals surface area contributed by atoms with E-state index in [1.807, 2.05) is 47.0 Å². The molecular formula is C22H33N. The molecule has 1 N–H and O–H groups in total. The molecule has 0 aromatic heterocycles. The van der Waals surface area contributed by atoms with Crippen LogP contribution in [0.25, 0.3) is 5.57 Å². The molecule has 2 rings (SSSR count). The van der Waals surface area contributed by atoms with Gasteiger partial charge in [0.2, 0.25) is 0 Å². The zero-order chi connectivity index (χ0) is 17.5. The van der Waals surface area contributed by atoms with Crippen molar-refractivity contribution in [1.29, 1.82) is 0 Å². The van der Waals surface area contributed by atoms with Crippen LogP contribution in [0.15, 0.2) is 60.9 Å². The van der Waals surface area contributed by atoms with Crippen molar-refractivity contribution in [1.82, 2.24) is 5.32 Å². The Kier molecular flexibility index (Phi) is 12.4. The molecule has 1 aliphatic rings. The SMILES string of the molecule is CC.CC.CN/C=C\C=C/Cc1cc(C2=CC=CC2)ccc1C. The second-order valence-electron chi connectivity index (χ2n) is 4.75. The minimum absolute atomic E-state index is 0.981. The predicted molar refractivity (Wildman–Crippen MR) is 107 cm³/mol. The fourth-order valence-corrected chi connectivity index (χ4v) is 2.18. The van der Waals surface area contributed by atoms with E-state index in [1.165, 1.54) is 22.3 Å². The van der Waals surface area contributed by atoms with Crippen LogP contribution >= 0.6 is 0 Å². The molecule has 0 aliphatic heterocycles. The molecule has 0 saturated heterocycles. The fraction of sp³-hybridized carbons (Fsp3) is 0.364. The molecule has 0 radical (unpaired) electrons. The van der Waals surface area contributed by atoms with Crippen molar-refractivity contribution in [2.45, 2.75) is 47.5 Å². The highest BCUT2D eigenvalue weighted by Crippen LogP contribution is 2.25. The van der Waals surface area contributed by atoms with Crippen molar-refractivity contribution in [2.24, 2.45) is 0 Å². The van der Waals surface area contributed by atoms with Gasteiger partial charge in [-0.15, -0.1) is 0 Å². The standard InChI is InChI=1S/C18H21N.2C2H6/c1-15-11-12-18(16-8-5-6-9-16)14-17(15)10-4-3-7-13-19-2;2*1-2/h3-8,11-14,19H,9-10H2,1-2H3;2*1-2H3/b4-3-,13-7-;;. The lowest BCUT2D eigenvalue weighted by molar-refractivity contribution is 1.10. The van der Waals surface area contributed by atoms with E-state index in [0.717, 1.165) is 12.8 Å². The fourth-order valence-electron chi connectivity index (χ4n) is 2.18. The lowest BCUT2D eigenvalue weighted by Gasteiger charge is -2.08. The van der Waals surface area contributed by atoms with Crippen LogP contribution in [-0.4, -0.2) is 7.05 Å². The van der Waals surface area contributed by atoms with Crippen molar-refractivity contribution in [2.75, 3.05) is 7.05 Å². The molecule has 1 aliphatic carbocycles. The molecule has 0 amide bonds. The molecule has 23 heavy (non-hydrogen) atoms. The van der Waals surface area contributed by atoms with Gasteiger partial charge in [-0.2, -0.15) is 0 Å². The van der Waals surface area contributed by atoms with E-state index in [4.69, 9.17) is 0 Å². The summed E-state index contributed by atoms with van der Waals surface area (Å²) >= 11 is 0. The van der Waals surface area contributed by atoms with Crippen molar-refractivity contribution in [3.8, 4) is 0 Å². The molecule has 0 fully saturated rings. The number of nitrogens with one attached hydrogen (secondary N) is 1. The lowest BCUT2D eigenvalue weighted by atomic mass is 9.97. The van der Waals surface area contributed by atoms with Crippen molar-refractivity contribution in [3.05, 3.63) is 77.5 Å². The van der Waals surface area contributed by atoms with Crippen molar-refractivity contribution >= 4 is 5.57 Å². The highest BCUT2D eigenvalue weighted by Gasteiger charge is 2.05. The summed E-state index contributed by atoms with van der Waals surface area (Å²) in [6.07, 6.45) is 16.8. The van der Waals surface area contributed by atoms with Crippen LogP contribution in [0.4, 0.5) is 0 Å². The Hall–Kier alpha value is -2.02. The van der Waals surface area contributed by atoms with E-state index < -0.39 is 0 Å². The van der Waals surface area contributed by atoms with Crippen LogP contribution in [-0.2, 0) is 6.42 Å². The van der Waals surface area contributed by atoms with Crippen LogP contribution in [0.5, 0.6) is 0 Å². The summed E-state index contributed by atoms with van der Waals surface area (Å²) in [6, 6.07) is 6.77. The Morgan fingerprint density at radius 2 is 1.83 bits per heavy atom. The summed E-state index contributed by atoms with van der Waals surface area (Å²) in [5, 5.41) is 2.98. The monoisotopic (exact) mass is 311 g/mol. The van der Waals surface area contributed by atoms with Gasteiger partial charge < -0.3 is 5.32 Å². The average Bonchev–Trinajstić information content (AvgIpc) is 3.14. The molecule has 0 bridgehead atoms. The van der Waals surface area contributed by atoms with Gasteiger partial charge >= 0.3 is 0 Å². The van der Waals surface area contributed by atoms with Crippen LogP contribution in [0, 0.1) is 6.92 Å². The lowest BCUT2D eigenvalue weighted by Crippen LogP contribution is -1.91. The summed E-state index contributed by atoms with van der Waals surface area (Å²) in [6.45, 7) is 10.2. The first-order valence-corrected chi connectivity index (χ1v) is 8.76. The zero-order valence-corrected chi connectivity index (χ0v) is 15.7. The molecule has 126 valence electrons. The van der Waals surface area contributed by atoms with Crippen molar-refractivity contribution < 1.29 is 0 Å². The number of hydrogen-bond donors (Lipinski definition) is 1. The molecule has 1 aromatic rings. The summed E-state index contributed by atoms with van der Waals surface area (Å²) in [4.78, 5) is 0. The summed E-state index contributed by atoms with van der Waals surface area (Å²) in [5.74, 6) is 0. The van der Waals surface area contributed by atoms with E-state index in [2.05, 4.69) is 60.8 Å². The summed E-state index contributed by atoms with van der Waals surface area (Å²) in [7, 11) is 1.90. The quantitative estimate of drug-likeness (QED) is 0.636. The summed E-state index contributed by atoms with van der Waals surface area (Å²) in [5.41, 5.74) is 5.53. The first-order chi connectivity index (χ1) is 11.3. The number of hydrogen-bond acceptors (Lipinski definition) is 1. The van der Waals surface area contributed by atoms with Crippen molar-refractivity contribution in [3.63, 3.8) is 0 Å². The summed E-state index contributed by atoms with van der Waals surface area (Å²) < 4.78 is 0. The predicted octanol–water partition coefficient (Wildman–Crippen LogP) is 6.22. The highest BCUT2D eigenvalue weighted by atomic mass is 14.8. The Balaban J connectivity index is 0.00000112. The van der Waals surface area contributed by atoms with Gasteiger partial charge in [-0.3, -0.25) is 0 Å². The van der Waals surface area contributed by atoms with Gasteiger partial charge in [0.15, 0.2) is 0 Å². The minimum Gasteiger partial charge on any atom is -0.394 e. The highest BCUT2D eigenvalue weighted by molar-refractivity contribution is 5.71. The number of benzene rings is 1. The Morgan fingerprint density at radius 3 is 2.43 bits per heavy atom. The smallest absolute Gasteiger partial charge is 0.00277 e. The normalized spacial score (nSPS) is 12.5. The molecule has 0 spiro atoms. The van der Waals surface area contributed by atoms with Crippen LogP contribution < -0.4 is 5.32 Å². The number of aryl methyl sites for hydroxylation is 1. The van der Waals surface area contributed by atoms with E-state index in [1.54, 1.807) is 0 Å². The Bertz CT molecular complexity index is 545. The third-order valence-electron chi connectivity index (χ3n) is 3.34. The van der Waals surface area contributed by atoms with Gasteiger partial charge in [0.25, 0.3) is 0 Å². The first-order valence-electron chi connectivity index (χ1n) is 8.76. The topological polar surface area (TPSA) is 12.0 Å². The van der Waals surface area contributed by atoms with Crippen LogP contribution in [0.2, 0.25) is 0 Å². The van der Waals surface area contributed by atoms with Crippen LogP contribution in [0.3, 0.4) is 0 Å². The second kappa shape index (κ2) is 13.6. The maximum atomic E-state index is 2.98. The van der Waals surface area contributed by atoms with Gasteiger partial charge in [0, 0.05) is 7.05 Å². The molecule has 0 atom stereocenters. The molecule has 1 heteroatoms. The van der Waals surface area contributed by atoms with Crippen LogP contribution in [0.1, 0.15) is 50.8 Å². The van der Waals surface area contributed by atoms with Gasteiger partial charge in [-0.25, -0.2) is 0 Å². The maximum absolute atomic E-state index is 2.98. The molecular weight excluding hydrogens is 278 g/mol. The Labute approximate surface area is 143 Å². The molecule has 1 aromatic carbocycles. The molecule has 0 unspecified atom stereocenters. The zero-order valence-electron chi connectivity index (χ0n) is 15.7. The third-order valence-corrected chi connectivity index (χ3v) is 3.34. The van der Waals surface area contributed by atoms with E-state index in [-0.39, 0.29) is 0 Å². The Morgan fingerprint density at radius 1 is 1.09 bits per heavy atom. The van der Waals surface area contributed by atoms with E-state index >= 15 is 0 Å². The van der Waals surface area contributed by atoms with Gasteiger partial charge in [-0.05, 0) is 54.3 Å². The number of rotatable bonds is 5. The third kappa shape index (κ3) is 7.69. The van der Waals surface area contributed by atoms with Gasteiger partial charge in [0.05, 0.1) is 0 Å². The first kappa shape index (κ1) is 21.0. The average molecular weight is 312 g/mol.